The van der Waals surface area contributed by atoms with Crippen LogP contribution in [0.2, 0.25) is 0 Å². The molecule has 0 bridgehead atoms. The Balaban J connectivity index is 1.75. The van der Waals surface area contributed by atoms with Gasteiger partial charge in [-0.2, -0.15) is 0 Å². The molecule has 0 atom stereocenters. The molecule has 0 saturated carbocycles. The summed E-state index contributed by atoms with van der Waals surface area (Å²) in [5.74, 6) is 1.03. The molecule has 112 valence electrons. The number of rotatable bonds is 4. The molecule has 0 amide bonds. The molecule has 1 N–H and O–H groups in total. The minimum atomic E-state index is -3.57. The highest BCUT2D eigenvalue weighted by atomic mass is 32.2. The average Bonchev–Trinajstić information content (AvgIpc) is 3.10. The van der Waals surface area contributed by atoms with Crippen molar-refractivity contribution in [1.29, 1.82) is 0 Å². The number of anilines is 2. The Morgan fingerprint density at radius 2 is 1.90 bits per heavy atom. The van der Waals surface area contributed by atoms with Gasteiger partial charge in [0.15, 0.2) is 11.6 Å². The number of aryl methyl sites for hydroxylation is 1. The van der Waals surface area contributed by atoms with E-state index in [1.54, 1.807) is 24.3 Å². The number of nitrogens with zero attached hydrogens (tertiary/aromatic N) is 3. The van der Waals surface area contributed by atoms with Crippen molar-refractivity contribution in [2.75, 3.05) is 22.7 Å². The summed E-state index contributed by atoms with van der Waals surface area (Å²) in [6, 6.07) is 6.82. The summed E-state index contributed by atoms with van der Waals surface area (Å²) in [6.07, 6.45) is 2.32. The molecule has 21 heavy (non-hydrogen) atoms. The first kappa shape index (κ1) is 14.3. The summed E-state index contributed by atoms with van der Waals surface area (Å²) < 4.78 is 27.1. The predicted octanol–water partition coefficient (Wildman–Crippen LogP) is 2.25. The monoisotopic (exact) mass is 324 g/mol. The minimum absolute atomic E-state index is 0.240. The molecular weight excluding hydrogens is 308 g/mol. The van der Waals surface area contributed by atoms with Gasteiger partial charge in [-0.1, -0.05) is 0 Å². The summed E-state index contributed by atoms with van der Waals surface area (Å²) in [5.41, 5.74) is 0. The largest absolute Gasteiger partial charge is 0.355 e. The first-order valence-electron chi connectivity index (χ1n) is 6.72. The third-order valence-corrected chi connectivity index (χ3v) is 6.15. The van der Waals surface area contributed by atoms with Gasteiger partial charge in [-0.3, -0.25) is 4.72 Å². The Kier molecular flexibility index (Phi) is 3.81. The highest BCUT2D eigenvalue weighted by Crippen LogP contribution is 2.23. The number of thiophene rings is 1. The molecule has 0 unspecified atom stereocenters. The highest BCUT2D eigenvalue weighted by molar-refractivity contribution is 7.94. The van der Waals surface area contributed by atoms with E-state index in [0.29, 0.717) is 0 Å². The fourth-order valence-corrected chi connectivity index (χ4v) is 4.52. The van der Waals surface area contributed by atoms with Crippen LogP contribution in [0.1, 0.15) is 17.7 Å². The first-order valence-corrected chi connectivity index (χ1v) is 9.02. The molecule has 3 rings (SSSR count). The fraction of sp³-hybridized carbons (Fsp3) is 0.385. The lowest BCUT2D eigenvalue weighted by molar-refractivity contribution is 0.603. The van der Waals surface area contributed by atoms with Gasteiger partial charge in [-0.15, -0.1) is 21.5 Å². The molecule has 0 aliphatic carbocycles. The van der Waals surface area contributed by atoms with Crippen molar-refractivity contribution in [3.8, 4) is 0 Å². The second kappa shape index (κ2) is 5.61. The van der Waals surface area contributed by atoms with Crippen molar-refractivity contribution in [3.63, 3.8) is 0 Å². The maximum atomic E-state index is 12.2. The predicted molar refractivity (Wildman–Crippen MR) is 83.3 cm³/mol. The topological polar surface area (TPSA) is 75.2 Å². The van der Waals surface area contributed by atoms with Crippen molar-refractivity contribution in [3.05, 3.63) is 29.1 Å². The lowest BCUT2D eigenvalue weighted by Crippen LogP contribution is -2.20. The van der Waals surface area contributed by atoms with E-state index in [1.165, 1.54) is 11.3 Å². The second-order valence-corrected chi connectivity index (χ2v) is 8.14. The second-order valence-electron chi connectivity index (χ2n) is 4.94. The van der Waals surface area contributed by atoms with Crippen LogP contribution < -0.4 is 9.62 Å². The van der Waals surface area contributed by atoms with Gasteiger partial charge in [-0.05, 0) is 44.0 Å². The maximum absolute atomic E-state index is 12.2. The highest BCUT2D eigenvalue weighted by Gasteiger charge is 2.18. The molecule has 3 heterocycles. The number of sulfonamides is 1. The summed E-state index contributed by atoms with van der Waals surface area (Å²) in [6.45, 7) is 3.83. The fourth-order valence-electron chi connectivity index (χ4n) is 2.24. The zero-order chi connectivity index (χ0) is 14.9. The molecule has 2 aromatic heterocycles. The van der Waals surface area contributed by atoms with Crippen molar-refractivity contribution in [2.24, 2.45) is 0 Å². The normalized spacial score (nSPS) is 15.4. The Hall–Kier alpha value is -1.67. The van der Waals surface area contributed by atoms with Gasteiger partial charge in [0.1, 0.15) is 4.21 Å². The van der Waals surface area contributed by atoms with Crippen molar-refractivity contribution in [1.82, 2.24) is 10.2 Å². The molecule has 0 spiro atoms. The molecule has 1 aliphatic heterocycles. The Bertz CT molecular complexity index is 719. The zero-order valence-electron chi connectivity index (χ0n) is 11.6. The van der Waals surface area contributed by atoms with E-state index in [4.69, 9.17) is 0 Å². The Morgan fingerprint density at radius 3 is 2.48 bits per heavy atom. The molecule has 1 fully saturated rings. The quantitative estimate of drug-likeness (QED) is 0.933. The van der Waals surface area contributed by atoms with Crippen LogP contribution in [0.4, 0.5) is 11.6 Å². The van der Waals surface area contributed by atoms with E-state index in [9.17, 15) is 8.42 Å². The van der Waals surface area contributed by atoms with Gasteiger partial charge in [0.05, 0.1) is 0 Å². The maximum Gasteiger partial charge on any atom is 0.272 e. The lowest BCUT2D eigenvalue weighted by atomic mass is 10.4. The number of nitrogens with one attached hydrogen (secondary N) is 1. The van der Waals surface area contributed by atoms with Crippen LogP contribution in [-0.2, 0) is 10.0 Å². The van der Waals surface area contributed by atoms with Crippen LogP contribution >= 0.6 is 11.3 Å². The lowest BCUT2D eigenvalue weighted by Gasteiger charge is -2.15. The van der Waals surface area contributed by atoms with E-state index >= 15 is 0 Å². The van der Waals surface area contributed by atoms with Gasteiger partial charge in [0.25, 0.3) is 10.0 Å². The van der Waals surface area contributed by atoms with Gasteiger partial charge < -0.3 is 4.90 Å². The van der Waals surface area contributed by atoms with Gasteiger partial charge in [-0.25, -0.2) is 8.42 Å². The van der Waals surface area contributed by atoms with Crippen molar-refractivity contribution in [2.45, 2.75) is 24.0 Å². The summed E-state index contributed by atoms with van der Waals surface area (Å²) >= 11 is 1.23. The van der Waals surface area contributed by atoms with Gasteiger partial charge in [0.2, 0.25) is 0 Å². The van der Waals surface area contributed by atoms with E-state index in [-0.39, 0.29) is 10.0 Å². The standard InChI is InChI=1S/C13H16N4O2S2/c1-10-4-7-13(20-10)21(18,19)16-11-5-6-12(15-14-11)17-8-2-3-9-17/h4-7H,2-3,8-9H2,1H3,(H,14,16). The molecular formula is C13H16N4O2S2. The molecule has 1 aliphatic rings. The minimum Gasteiger partial charge on any atom is -0.355 e. The number of hydrogen-bond acceptors (Lipinski definition) is 6. The van der Waals surface area contributed by atoms with E-state index < -0.39 is 10.0 Å². The van der Waals surface area contributed by atoms with Gasteiger partial charge >= 0.3 is 0 Å². The van der Waals surface area contributed by atoms with Crippen LogP contribution in [-0.4, -0.2) is 31.7 Å². The van der Waals surface area contributed by atoms with Crippen LogP contribution in [0, 0.1) is 6.92 Å². The average molecular weight is 324 g/mol. The SMILES string of the molecule is Cc1ccc(S(=O)(=O)Nc2ccc(N3CCCC3)nn2)s1. The van der Waals surface area contributed by atoms with E-state index in [2.05, 4.69) is 19.8 Å². The van der Waals surface area contributed by atoms with Crippen molar-refractivity contribution >= 4 is 33.0 Å². The summed E-state index contributed by atoms with van der Waals surface area (Å²) in [4.78, 5) is 3.10. The Labute approximate surface area is 127 Å². The van der Waals surface area contributed by atoms with Crippen LogP contribution in [0.25, 0.3) is 0 Å². The number of aromatic nitrogens is 2. The summed E-state index contributed by atoms with van der Waals surface area (Å²) in [7, 11) is -3.57. The summed E-state index contributed by atoms with van der Waals surface area (Å²) in [5, 5.41) is 8.06. The van der Waals surface area contributed by atoms with Crippen molar-refractivity contribution < 1.29 is 8.42 Å². The smallest absolute Gasteiger partial charge is 0.272 e. The van der Waals surface area contributed by atoms with Crippen LogP contribution in [0.3, 0.4) is 0 Å². The van der Waals surface area contributed by atoms with E-state index in [0.717, 1.165) is 36.6 Å². The Morgan fingerprint density at radius 1 is 1.14 bits per heavy atom. The molecule has 2 aromatic rings. The van der Waals surface area contributed by atoms with Crippen LogP contribution in [0.5, 0.6) is 0 Å². The third kappa shape index (κ3) is 3.16. The molecule has 0 aromatic carbocycles. The number of hydrogen-bond donors (Lipinski definition) is 1. The third-order valence-electron chi connectivity index (χ3n) is 3.30. The molecule has 6 nitrogen and oxygen atoms in total. The van der Waals surface area contributed by atoms with E-state index in [1.807, 2.05) is 6.92 Å². The molecule has 1 saturated heterocycles. The van der Waals surface area contributed by atoms with Crippen LogP contribution in [0.15, 0.2) is 28.5 Å². The molecule has 8 heteroatoms. The first-order chi connectivity index (χ1) is 10.0. The molecule has 0 radical (unpaired) electrons. The van der Waals surface area contributed by atoms with Gasteiger partial charge in [0, 0.05) is 18.0 Å². The zero-order valence-corrected chi connectivity index (χ0v) is 13.2.